The quantitative estimate of drug-likeness (QED) is 0.904. The van der Waals surface area contributed by atoms with E-state index < -0.39 is 5.92 Å². The Labute approximate surface area is 128 Å². The molecule has 0 amide bonds. The average molecular weight is 298 g/mol. The van der Waals surface area contributed by atoms with Crippen LogP contribution in [0, 0.1) is 11.3 Å². The van der Waals surface area contributed by atoms with Crippen LogP contribution < -0.4 is 5.73 Å². The van der Waals surface area contributed by atoms with Crippen molar-refractivity contribution in [3.63, 3.8) is 0 Å². The van der Waals surface area contributed by atoms with E-state index in [-0.39, 0.29) is 23.3 Å². The zero-order valence-corrected chi connectivity index (χ0v) is 12.7. The van der Waals surface area contributed by atoms with Crippen LogP contribution in [-0.4, -0.2) is 15.6 Å². The smallest absolute Gasteiger partial charge is 0.205 e. The van der Waals surface area contributed by atoms with Gasteiger partial charge in [0.05, 0.1) is 11.6 Å². The van der Waals surface area contributed by atoms with E-state index in [9.17, 15) is 10.1 Å². The summed E-state index contributed by atoms with van der Waals surface area (Å²) in [6.45, 7) is 4.04. The monoisotopic (exact) mass is 298 g/mol. The van der Waals surface area contributed by atoms with Crippen molar-refractivity contribution < 1.29 is 9.53 Å². The number of carbonyl (C=O) groups excluding carboxylic acids is 1. The molecule has 1 aromatic heterocycles. The van der Waals surface area contributed by atoms with E-state index in [4.69, 9.17) is 10.5 Å². The molecule has 2 aliphatic rings. The molecule has 0 aromatic carbocycles. The highest BCUT2D eigenvalue weighted by molar-refractivity contribution is 5.99. The van der Waals surface area contributed by atoms with Gasteiger partial charge < -0.3 is 10.5 Å². The van der Waals surface area contributed by atoms with E-state index in [1.807, 2.05) is 30.8 Å². The molecule has 1 aliphatic heterocycles. The maximum Gasteiger partial charge on any atom is 0.205 e. The first kappa shape index (κ1) is 14.4. The zero-order valence-electron chi connectivity index (χ0n) is 12.7. The molecule has 0 fully saturated rings. The highest BCUT2D eigenvalue weighted by Crippen LogP contribution is 2.42. The fourth-order valence-corrected chi connectivity index (χ4v) is 2.95. The second-order valence-corrected chi connectivity index (χ2v) is 5.85. The Hall–Kier alpha value is -2.55. The van der Waals surface area contributed by atoms with Crippen LogP contribution in [-0.2, 0) is 9.53 Å². The molecule has 0 saturated heterocycles. The molecule has 114 valence electrons. The summed E-state index contributed by atoms with van der Waals surface area (Å²) < 4.78 is 7.34. The van der Waals surface area contributed by atoms with E-state index in [2.05, 4.69) is 11.2 Å². The lowest BCUT2D eigenvalue weighted by molar-refractivity contribution is -0.116. The minimum absolute atomic E-state index is 0.0191. The van der Waals surface area contributed by atoms with Crippen molar-refractivity contribution in [2.75, 3.05) is 0 Å². The maximum atomic E-state index is 12.4. The second-order valence-electron chi connectivity index (χ2n) is 5.85. The Morgan fingerprint density at radius 2 is 2.27 bits per heavy atom. The molecule has 6 nitrogen and oxygen atoms in total. The van der Waals surface area contributed by atoms with Crippen LogP contribution in [0.4, 0.5) is 0 Å². The SMILES string of the molecule is CC(C)n1ccc([C@H]2C(C#N)=C(N)OC3=C2C(=O)CCC3)n1. The van der Waals surface area contributed by atoms with Gasteiger partial charge in [-0.15, -0.1) is 0 Å². The lowest BCUT2D eigenvalue weighted by atomic mass is 9.80. The maximum absolute atomic E-state index is 12.4. The first-order valence-electron chi connectivity index (χ1n) is 7.41. The normalized spacial score (nSPS) is 21.7. The molecule has 1 aromatic rings. The predicted molar refractivity (Wildman–Crippen MR) is 79.1 cm³/mol. The zero-order chi connectivity index (χ0) is 15.9. The summed E-state index contributed by atoms with van der Waals surface area (Å²) >= 11 is 0. The van der Waals surface area contributed by atoms with Gasteiger partial charge in [-0.25, -0.2) is 0 Å². The molecule has 2 N–H and O–H groups in total. The molecule has 1 atom stereocenters. The van der Waals surface area contributed by atoms with Crippen LogP contribution in [0.15, 0.2) is 35.1 Å². The van der Waals surface area contributed by atoms with Crippen LogP contribution in [0.25, 0.3) is 0 Å². The predicted octanol–water partition coefficient (Wildman–Crippen LogP) is 2.28. The van der Waals surface area contributed by atoms with Gasteiger partial charge in [0.25, 0.3) is 0 Å². The summed E-state index contributed by atoms with van der Waals surface area (Å²) in [6, 6.07) is 4.13. The Morgan fingerprint density at radius 3 is 2.91 bits per heavy atom. The average Bonchev–Trinajstić information content (AvgIpc) is 2.95. The number of allylic oxidation sites excluding steroid dienone is 3. The van der Waals surface area contributed by atoms with Gasteiger partial charge in [-0.1, -0.05) is 0 Å². The van der Waals surface area contributed by atoms with Gasteiger partial charge in [0.2, 0.25) is 5.88 Å². The number of nitrogens with zero attached hydrogens (tertiary/aromatic N) is 3. The van der Waals surface area contributed by atoms with E-state index in [0.717, 1.165) is 6.42 Å². The number of nitriles is 1. The number of hydrogen-bond donors (Lipinski definition) is 1. The number of carbonyl (C=O) groups is 1. The number of rotatable bonds is 2. The highest BCUT2D eigenvalue weighted by Gasteiger charge is 2.39. The van der Waals surface area contributed by atoms with Crippen LogP contribution in [0.2, 0.25) is 0 Å². The van der Waals surface area contributed by atoms with Crippen molar-refractivity contribution in [2.45, 2.75) is 45.1 Å². The van der Waals surface area contributed by atoms with Gasteiger partial charge >= 0.3 is 0 Å². The number of Topliss-reactive ketones (excluding diaryl/α,β-unsaturated/α-hetero) is 1. The summed E-state index contributed by atoms with van der Waals surface area (Å²) in [4.78, 5) is 12.4. The lowest BCUT2D eigenvalue weighted by Gasteiger charge is -2.29. The lowest BCUT2D eigenvalue weighted by Crippen LogP contribution is -2.27. The van der Waals surface area contributed by atoms with Crippen molar-refractivity contribution in [3.8, 4) is 6.07 Å². The third-order valence-electron chi connectivity index (χ3n) is 4.06. The summed E-state index contributed by atoms with van der Waals surface area (Å²) in [5.41, 5.74) is 7.37. The van der Waals surface area contributed by atoms with Crippen LogP contribution >= 0.6 is 0 Å². The van der Waals surface area contributed by atoms with Crippen molar-refractivity contribution in [3.05, 3.63) is 40.7 Å². The fourth-order valence-electron chi connectivity index (χ4n) is 2.95. The molecule has 2 heterocycles. The first-order valence-corrected chi connectivity index (χ1v) is 7.41. The summed E-state index contributed by atoms with van der Waals surface area (Å²) in [7, 11) is 0. The number of ether oxygens (including phenoxy) is 1. The minimum atomic E-state index is -0.512. The molecule has 0 bridgehead atoms. The summed E-state index contributed by atoms with van der Waals surface area (Å²) in [6.07, 6.45) is 3.75. The van der Waals surface area contributed by atoms with Crippen molar-refractivity contribution in [2.24, 2.45) is 5.73 Å². The van der Waals surface area contributed by atoms with Crippen LogP contribution in [0.3, 0.4) is 0 Å². The first-order chi connectivity index (χ1) is 10.5. The second kappa shape index (κ2) is 5.34. The highest BCUT2D eigenvalue weighted by atomic mass is 16.5. The molecule has 0 spiro atoms. The molecular formula is C16H18N4O2. The van der Waals surface area contributed by atoms with Crippen molar-refractivity contribution in [1.82, 2.24) is 9.78 Å². The topological polar surface area (TPSA) is 93.9 Å². The Balaban J connectivity index is 2.13. The van der Waals surface area contributed by atoms with Crippen LogP contribution in [0.5, 0.6) is 0 Å². The number of ketones is 1. The molecular weight excluding hydrogens is 280 g/mol. The van der Waals surface area contributed by atoms with Gasteiger partial charge in [-0.3, -0.25) is 9.48 Å². The van der Waals surface area contributed by atoms with E-state index in [1.165, 1.54) is 0 Å². The van der Waals surface area contributed by atoms with Crippen molar-refractivity contribution >= 4 is 5.78 Å². The van der Waals surface area contributed by atoms with E-state index in [0.29, 0.717) is 29.9 Å². The van der Waals surface area contributed by atoms with Crippen LogP contribution in [0.1, 0.15) is 50.8 Å². The molecule has 0 radical (unpaired) electrons. The molecule has 6 heteroatoms. The number of hydrogen-bond acceptors (Lipinski definition) is 5. The molecule has 0 unspecified atom stereocenters. The van der Waals surface area contributed by atoms with E-state index in [1.54, 1.807) is 0 Å². The Bertz CT molecular complexity index is 734. The number of aromatic nitrogens is 2. The van der Waals surface area contributed by atoms with Gasteiger partial charge in [0.1, 0.15) is 17.4 Å². The summed E-state index contributed by atoms with van der Waals surface area (Å²) in [5.74, 6) is 0.184. The van der Waals surface area contributed by atoms with Crippen molar-refractivity contribution in [1.29, 1.82) is 5.26 Å². The molecule has 22 heavy (non-hydrogen) atoms. The third-order valence-corrected chi connectivity index (χ3v) is 4.06. The fraction of sp³-hybridized carbons (Fsp3) is 0.438. The molecule has 1 aliphatic carbocycles. The Morgan fingerprint density at radius 1 is 1.50 bits per heavy atom. The number of nitrogens with two attached hydrogens (primary N) is 1. The Kier molecular flexibility index (Phi) is 3.49. The molecule has 3 rings (SSSR count). The van der Waals surface area contributed by atoms with Gasteiger partial charge in [0.15, 0.2) is 5.78 Å². The van der Waals surface area contributed by atoms with E-state index >= 15 is 0 Å². The van der Waals surface area contributed by atoms with Gasteiger partial charge in [-0.2, -0.15) is 10.4 Å². The van der Waals surface area contributed by atoms with Gasteiger partial charge in [-0.05, 0) is 26.3 Å². The largest absolute Gasteiger partial charge is 0.444 e. The standard InChI is InChI=1S/C16H18N4O2/c1-9(2)20-7-6-11(19-20)14-10(8-17)16(18)22-13-5-3-4-12(21)15(13)14/h6-7,9,14H,3-5,18H2,1-2H3/t14-/m1/s1. The molecule has 0 saturated carbocycles. The summed E-state index contributed by atoms with van der Waals surface area (Å²) in [5, 5.41) is 14.0. The third kappa shape index (κ3) is 2.19. The van der Waals surface area contributed by atoms with Gasteiger partial charge in [0, 0.05) is 30.7 Å². The minimum Gasteiger partial charge on any atom is -0.444 e.